The predicted molar refractivity (Wildman–Crippen MR) is 58.7 cm³/mol. The monoisotopic (exact) mass is 209 g/mol. The molecule has 0 atom stereocenters. The molecule has 0 saturated carbocycles. The van der Waals surface area contributed by atoms with E-state index >= 15 is 0 Å². The Morgan fingerprint density at radius 1 is 1.50 bits per heavy atom. The normalized spacial score (nSPS) is 18.0. The van der Waals surface area contributed by atoms with Gasteiger partial charge in [-0.2, -0.15) is 0 Å². The average molecular weight is 209 g/mol. The highest BCUT2D eigenvalue weighted by molar-refractivity contribution is 7.12. The number of carbonyl (C=O) groups excluding carboxylic acids is 1. The summed E-state index contributed by atoms with van der Waals surface area (Å²) in [5, 5.41) is 0. The lowest BCUT2D eigenvalue weighted by Crippen LogP contribution is -2.19. The molecule has 1 aliphatic heterocycles. The molecule has 0 bridgehead atoms. The van der Waals surface area contributed by atoms with E-state index in [1.54, 1.807) is 0 Å². The van der Waals surface area contributed by atoms with E-state index < -0.39 is 0 Å². The van der Waals surface area contributed by atoms with Crippen LogP contribution >= 0.6 is 11.3 Å². The minimum Gasteiger partial charge on any atom is -0.298 e. The molecule has 14 heavy (non-hydrogen) atoms. The molecule has 0 aromatic carbocycles. The highest BCUT2D eigenvalue weighted by Crippen LogP contribution is 2.22. The third kappa shape index (κ3) is 2.04. The second-order valence-corrected chi connectivity index (χ2v) is 5.29. The van der Waals surface area contributed by atoms with E-state index in [1.165, 1.54) is 15.3 Å². The van der Waals surface area contributed by atoms with Gasteiger partial charge in [0.15, 0.2) is 0 Å². The van der Waals surface area contributed by atoms with Gasteiger partial charge in [0.1, 0.15) is 5.78 Å². The summed E-state index contributed by atoms with van der Waals surface area (Å²) in [4.78, 5) is 16.1. The number of rotatable bonds is 2. The largest absolute Gasteiger partial charge is 0.298 e. The number of thiophene rings is 1. The van der Waals surface area contributed by atoms with Crippen molar-refractivity contribution >= 4 is 17.1 Å². The van der Waals surface area contributed by atoms with Crippen molar-refractivity contribution < 1.29 is 4.79 Å². The summed E-state index contributed by atoms with van der Waals surface area (Å²) < 4.78 is 0. The summed E-state index contributed by atoms with van der Waals surface area (Å²) in [6.07, 6.45) is 0.739. The van der Waals surface area contributed by atoms with Gasteiger partial charge < -0.3 is 0 Å². The smallest absolute Gasteiger partial charge is 0.148 e. The topological polar surface area (TPSA) is 20.3 Å². The first-order valence-corrected chi connectivity index (χ1v) is 5.77. The van der Waals surface area contributed by atoms with Crippen LogP contribution in [0.3, 0.4) is 0 Å². The summed E-state index contributed by atoms with van der Waals surface area (Å²) in [5.41, 5.74) is 1.37. The van der Waals surface area contributed by atoms with E-state index in [2.05, 4.69) is 24.8 Å². The Labute approximate surface area is 88.5 Å². The third-order valence-corrected chi connectivity index (χ3v) is 3.84. The fourth-order valence-corrected chi connectivity index (χ4v) is 2.87. The summed E-state index contributed by atoms with van der Waals surface area (Å²) in [6.45, 7) is 6.83. The predicted octanol–water partition coefficient (Wildman–Crippen LogP) is 2.14. The van der Waals surface area contributed by atoms with Crippen LogP contribution in [0.4, 0.5) is 0 Å². The molecule has 0 radical (unpaired) electrons. The van der Waals surface area contributed by atoms with Crippen LogP contribution in [-0.4, -0.2) is 23.8 Å². The van der Waals surface area contributed by atoms with Gasteiger partial charge in [-0.1, -0.05) is 0 Å². The molecule has 0 unspecified atom stereocenters. The van der Waals surface area contributed by atoms with Gasteiger partial charge in [-0.05, 0) is 25.5 Å². The van der Waals surface area contributed by atoms with E-state index in [0.717, 1.165) is 19.5 Å². The van der Waals surface area contributed by atoms with Crippen LogP contribution in [0.2, 0.25) is 0 Å². The van der Waals surface area contributed by atoms with Crippen molar-refractivity contribution in [3.8, 4) is 0 Å². The van der Waals surface area contributed by atoms with Crippen molar-refractivity contribution in [1.29, 1.82) is 0 Å². The lowest BCUT2D eigenvalue weighted by atomic mass is 10.3. The lowest BCUT2D eigenvalue weighted by Gasteiger charge is -2.11. The van der Waals surface area contributed by atoms with Gasteiger partial charge in [-0.3, -0.25) is 9.69 Å². The zero-order chi connectivity index (χ0) is 10.1. The molecule has 1 saturated heterocycles. The maximum Gasteiger partial charge on any atom is 0.148 e. The summed E-state index contributed by atoms with van der Waals surface area (Å²) >= 11 is 1.85. The average Bonchev–Trinajstić information content (AvgIpc) is 2.62. The fraction of sp³-hybridized carbons (Fsp3) is 0.545. The Morgan fingerprint density at radius 2 is 2.29 bits per heavy atom. The Morgan fingerprint density at radius 3 is 2.79 bits per heavy atom. The van der Waals surface area contributed by atoms with Gasteiger partial charge in [0.05, 0.1) is 6.54 Å². The van der Waals surface area contributed by atoms with Gasteiger partial charge >= 0.3 is 0 Å². The molecule has 1 aromatic rings. The number of ketones is 1. The zero-order valence-electron chi connectivity index (χ0n) is 8.67. The molecular formula is C11H15NOS. The molecular weight excluding hydrogens is 194 g/mol. The molecule has 0 aliphatic carbocycles. The number of hydrogen-bond acceptors (Lipinski definition) is 3. The molecule has 3 heteroatoms. The molecule has 1 aromatic heterocycles. The summed E-state index contributed by atoms with van der Waals surface area (Å²) in [7, 11) is 0. The van der Waals surface area contributed by atoms with Crippen molar-refractivity contribution in [3.63, 3.8) is 0 Å². The first kappa shape index (κ1) is 9.87. The number of likely N-dealkylation sites (tertiary alicyclic amines) is 1. The fourth-order valence-electron chi connectivity index (χ4n) is 1.77. The van der Waals surface area contributed by atoms with Gasteiger partial charge in [0.25, 0.3) is 0 Å². The van der Waals surface area contributed by atoms with E-state index in [9.17, 15) is 4.79 Å². The first-order valence-electron chi connectivity index (χ1n) is 4.95. The van der Waals surface area contributed by atoms with Crippen LogP contribution in [0.5, 0.6) is 0 Å². The summed E-state index contributed by atoms with van der Waals surface area (Å²) in [6, 6.07) is 2.24. The van der Waals surface area contributed by atoms with Gasteiger partial charge in [-0.15, -0.1) is 11.3 Å². The number of carbonyl (C=O) groups is 1. The van der Waals surface area contributed by atoms with Crippen molar-refractivity contribution in [2.75, 3.05) is 13.1 Å². The first-order chi connectivity index (χ1) is 6.65. The van der Waals surface area contributed by atoms with Crippen molar-refractivity contribution in [1.82, 2.24) is 4.90 Å². The maximum atomic E-state index is 11.1. The Hall–Kier alpha value is -0.670. The molecule has 2 nitrogen and oxygen atoms in total. The van der Waals surface area contributed by atoms with Crippen LogP contribution in [0.15, 0.2) is 6.07 Å². The SMILES string of the molecule is Cc1cc(CN2CCC(=O)C2)sc1C. The molecule has 2 heterocycles. The van der Waals surface area contributed by atoms with Gasteiger partial charge in [0.2, 0.25) is 0 Å². The highest BCUT2D eigenvalue weighted by Gasteiger charge is 2.19. The second kappa shape index (κ2) is 3.83. The van der Waals surface area contributed by atoms with Crippen LogP contribution in [-0.2, 0) is 11.3 Å². The summed E-state index contributed by atoms with van der Waals surface area (Å²) in [5.74, 6) is 0.384. The highest BCUT2D eigenvalue weighted by atomic mass is 32.1. The van der Waals surface area contributed by atoms with Crippen LogP contribution in [0.25, 0.3) is 0 Å². The van der Waals surface area contributed by atoms with Crippen molar-refractivity contribution in [3.05, 3.63) is 21.4 Å². The molecule has 0 N–H and O–H groups in total. The van der Waals surface area contributed by atoms with Crippen molar-refractivity contribution in [2.24, 2.45) is 0 Å². The second-order valence-electron chi connectivity index (χ2n) is 3.95. The van der Waals surface area contributed by atoms with E-state index in [1.807, 2.05) is 11.3 Å². The standard InChI is InChI=1S/C11H15NOS/c1-8-5-11(14-9(8)2)7-12-4-3-10(13)6-12/h5H,3-4,6-7H2,1-2H3. The minimum absolute atomic E-state index is 0.384. The maximum absolute atomic E-state index is 11.1. The van der Waals surface area contributed by atoms with Gasteiger partial charge in [-0.25, -0.2) is 0 Å². The molecule has 0 spiro atoms. The van der Waals surface area contributed by atoms with Crippen LogP contribution in [0.1, 0.15) is 21.7 Å². The van der Waals surface area contributed by atoms with Crippen LogP contribution in [0, 0.1) is 13.8 Å². The number of nitrogens with zero attached hydrogens (tertiary/aromatic N) is 1. The number of hydrogen-bond donors (Lipinski definition) is 0. The molecule has 1 aliphatic rings. The number of Topliss-reactive ketones (excluding diaryl/α,β-unsaturated/α-hetero) is 1. The minimum atomic E-state index is 0.384. The van der Waals surface area contributed by atoms with E-state index in [-0.39, 0.29) is 0 Å². The number of aryl methyl sites for hydroxylation is 2. The molecule has 1 fully saturated rings. The molecule has 2 rings (SSSR count). The van der Waals surface area contributed by atoms with Crippen LogP contribution < -0.4 is 0 Å². The zero-order valence-corrected chi connectivity index (χ0v) is 9.49. The quantitative estimate of drug-likeness (QED) is 0.743. The molecule has 0 amide bonds. The van der Waals surface area contributed by atoms with Crippen molar-refractivity contribution in [2.45, 2.75) is 26.8 Å². The Kier molecular flexibility index (Phi) is 2.70. The van der Waals surface area contributed by atoms with E-state index in [0.29, 0.717) is 12.3 Å². The molecule has 76 valence electrons. The van der Waals surface area contributed by atoms with E-state index in [4.69, 9.17) is 0 Å². The van der Waals surface area contributed by atoms with Gasteiger partial charge in [0, 0.05) is 29.3 Å². The Bertz CT molecular complexity index is 337. The third-order valence-electron chi connectivity index (χ3n) is 2.70. The Balaban J connectivity index is 2.00. The lowest BCUT2D eigenvalue weighted by molar-refractivity contribution is -0.116.